The Morgan fingerprint density at radius 2 is 2.23 bits per heavy atom. The van der Waals surface area contributed by atoms with Crippen LogP contribution in [-0.4, -0.2) is 26.6 Å². The molecule has 22 heavy (non-hydrogen) atoms. The van der Waals surface area contributed by atoms with Crippen molar-refractivity contribution in [3.05, 3.63) is 64.4 Å². The van der Waals surface area contributed by atoms with Crippen LogP contribution in [0.3, 0.4) is 0 Å². The maximum atomic E-state index is 8.30. The standard InChI is InChI=1S/C16H21N3O2S/c1-3-15(22-16-9-5-4-6-10-16)12-14(21-13-20-2)8-7-11-18-19-17/h3-6,9-10,12,14H,1,7-8,11,13H2,2H3/b15-12-/t14-/m0/s1. The van der Waals surface area contributed by atoms with E-state index < -0.39 is 0 Å². The third-order valence-electron chi connectivity index (χ3n) is 2.74. The number of azide groups is 1. The molecule has 0 aliphatic heterocycles. The van der Waals surface area contributed by atoms with Gasteiger partial charge in [0.15, 0.2) is 0 Å². The number of hydrogen-bond acceptors (Lipinski definition) is 4. The Bertz CT molecular complexity index is 513. The summed E-state index contributed by atoms with van der Waals surface area (Å²) in [7, 11) is 1.59. The summed E-state index contributed by atoms with van der Waals surface area (Å²) < 4.78 is 10.6. The monoisotopic (exact) mass is 319 g/mol. The Kier molecular flexibility index (Phi) is 9.90. The average molecular weight is 319 g/mol. The second kappa shape index (κ2) is 11.9. The van der Waals surface area contributed by atoms with E-state index in [4.69, 9.17) is 15.0 Å². The summed E-state index contributed by atoms with van der Waals surface area (Å²) in [5, 5.41) is 3.54. The van der Waals surface area contributed by atoms with Crippen molar-refractivity contribution in [1.82, 2.24) is 0 Å². The van der Waals surface area contributed by atoms with Crippen molar-refractivity contribution in [1.29, 1.82) is 0 Å². The second-order valence-electron chi connectivity index (χ2n) is 4.40. The molecule has 1 aromatic carbocycles. The zero-order chi connectivity index (χ0) is 16.0. The number of thioether (sulfide) groups is 1. The topological polar surface area (TPSA) is 67.2 Å². The van der Waals surface area contributed by atoms with Gasteiger partial charge in [0.2, 0.25) is 0 Å². The van der Waals surface area contributed by atoms with Crippen LogP contribution in [0.15, 0.2) is 64.0 Å². The van der Waals surface area contributed by atoms with Gasteiger partial charge in [-0.25, -0.2) is 0 Å². The zero-order valence-electron chi connectivity index (χ0n) is 12.7. The van der Waals surface area contributed by atoms with E-state index in [0.717, 1.165) is 22.6 Å². The highest BCUT2D eigenvalue weighted by Crippen LogP contribution is 2.28. The molecule has 0 amide bonds. The van der Waals surface area contributed by atoms with E-state index in [0.29, 0.717) is 6.54 Å². The van der Waals surface area contributed by atoms with E-state index in [9.17, 15) is 0 Å². The van der Waals surface area contributed by atoms with Crippen molar-refractivity contribution in [3.8, 4) is 0 Å². The average Bonchev–Trinajstić information content (AvgIpc) is 2.56. The predicted octanol–water partition coefficient (Wildman–Crippen LogP) is 4.93. The van der Waals surface area contributed by atoms with E-state index in [1.807, 2.05) is 30.4 Å². The van der Waals surface area contributed by atoms with Gasteiger partial charge in [-0.2, -0.15) is 0 Å². The fourth-order valence-corrected chi connectivity index (χ4v) is 2.60. The smallest absolute Gasteiger partial charge is 0.147 e. The highest BCUT2D eigenvalue weighted by molar-refractivity contribution is 8.03. The molecule has 0 fully saturated rings. The molecule has 0 spiro atoms. The van der Waals surface area contributed by atoms with Gasteiger partial charge in [-0.05, 0) is 36.6 Å². The summed E-state index contributed by atoms with van der Waals surface area (Å²) in [5.74, 6) is 0. The Morgan fingerprint density at radius 1 is 1.45 bits per heavy atom. The Balaban J connectivity index is 2.67. The number of methoxy groups -OCH3 is 1. The third kappa shape index (κ3) is 7.90. The lowest BCUT2D eigenvalue weighted by Gasteiger charge is -2.14. The minimum atomic E-state index is -0.0990. The fourth-order valence-electron chi connectivity index (χ4n) is 1.73. The van der Waals surface area contributed by atoms with Crippen LogP contribution in [-0.2, 0) is 9.47 Å². The molecule has 1 aromatic rings. The maximum Gasteiger partial charge on any atom is 0.147 e. The third-order valence-corrected chi connectivity index (χ3v) is 3.79. The Labute approximate surface area is 135 Å². The van der Waals surface area contributed by atoms with Gasteiger partial charge in [0, 0.05) is 28.4 Å². The van der Waals surface area contributed by atoms with E-state index in [2.05, 4.69) is 28.7 Å². The first-order valence-corrected chi connectivity index (χ1v) is 7.80. The van der Waals surface area contributed by atoms with Crippen LogP contribution < -0.4 is 0 Å². The normalized spacial score (nSPS) is 12.5. The first kappa shape index (κ1) is 18.3. The van der Waals surface area contributed by atoms with Crippen LogP contribution in [0.2, 0.25) is 0 Å². The summed E-state index contributed by atoms with van der Waals surface area (Å²) in [5.41, 5.74) is 8.30. The fraction of sp³-hybridized carbons (Fsp3) is 0.375. The summed E-state index contributed by atoms with van der Waals surface area (Å²) in [4.78, 5) is 4.92. The number of allylic oxidation sites excluding steroid dienone is 1. The maximum absolute atomic E-state index is 8.30. The van der Waals surface area contributed by atoms with Gasteiger partial charge in [0.25, 0.3) is 0 Å². The number of rotatable bonds is 11. The van der Waals surface area contributed by atoms with E-state index in [1.165, 1.54) is 0 Å². The minimum absolute atomic E-state index is 0.0990. The van der Waals surface area contributed by atoms with E-state index >= 15 is 0 Å². The molecule has 0 saturated heterocycles. The second-order valence-corrected chi connectivity index (χ2v) is 5.54. The van der Waals surface area contributed by atoms with Crippen molar-refractivity contribution in [2.45, 2.75) is 23.8 Å². The van der Waals surface area contributed by atoms with Crippen molar-refractivity contribution < 1.29 is 9.47 Å². The Morgan fingerprint density at radius 3 is 2.86 bits per heavy atom. The molecule has 118 valence electrons. The SMILES string of the molecule is C=C/C(=C/[C@H](CCCN=[N+]=[N-])OCOC)Sc1ccccc1. The van der Waals surface area contributed by atoms with Crippen molar-refractivity contribution in [2.24, 2.45) is 5.11 Å². The minimum Gasteiger partial charge on any atom is -0.359 e. The quantitative estimate of drug-likeness (QED) is 0.110. The predicted molar refractivity (Wildman–Crippen MR) is 90.6 cm³/mol. The molecule has 0 bridgehead atoms. The van der Waals surface area contributed by atoms with E-state index in [-0.39, 0.29) is 12.9 Å². The largest absolute Gasteiger partial charge is 0.359 e. The van der Waals surface area contributed by atoms with Crippen LogP contribution in [0.1, 0.15) is 12.8 Å². The molecule has 0 aromatic heterocycles. The van der Waals surface area contributed by atoms with Crippen LogP contribution in [0.4, 0.5) is 0 Å². The van der Waals surface area contributed by atoms with Crippen LogP contribution in [0, 0.1) is 0 Å². The molecular formula is C16H21N3O2S. The molecule has 0 heterocycles. The number of ether oxygens (including phenoxy) is 2. The molecule has 0 N–H and O–H groups in total. The van der Waals surface area contributed by atoms with Gasteiger partial charge < -0.3 is 9.47 Å². The number of hydrogen-bond donors (Lipinski definition) is 0. The number of benzene rings is 1. The van der Waals surface area contributed by atoms with Crippen LogP contribution in [0.5, 0.6) is 0 Å². The molecule has 0 aliphatic rings. The number of nitrogens with zero attached hydrogens (tertiary/aromatic N) is 3. The van der Waals surface area contributed by atoms with Gasteiger partial charge in [-0.15, -0.1) is 0 Å². The zero-order valence-corrected chi connectivity index (χ0v) is 13.5. The highest BCUT2D eigenvalue weighted by atomic mass is 32.2. The van der Waals surface area contributed by atoms with Crippen molar-refractivity contribution >= 4 is 11.8 Å². The molecular weight excluding hydrogens is 298 g/mol. The summed E-state index contributed by atoms with van der Waals surface area (Å²) in [6, 6.07) is 10.1. The lowest BCUT2D eigenvalue weighted by molar-refractivity contribution is -0.0577. The molecule has 1 rings (SSSR count). The van der Waals surface area contributed by atoms with Gasteiger partial charge in [0.1, 0.15) is 6.79 Å². The van der Waals surface area contributed by atoms with Gasteiger partial charge >= 0.3 is 0 Å². The Hall–Kier alpha value is -1.72. The van der Waals surface area contributed by atoms with Crippen molar-refractivity contribution in [3.63, 3.8) is 0 Å². The van der Waals surface area contributed by atoms with Gasteiger partial charge in [-0.3, -0.25) is 0 Å². The highest BCUT2D eigenvalue weighted by Gasteiger charge is 2.08. The molecule has 6 heteroatoms. The molecule has 0 saturated carbocycles. The lowest BCUT2D eigenvalue weighted by atomic mass is 10.2. The van der Waals surface area contributed by atoms with Gasteiger partial charge in [0.05, 0.1) is 6.10 Å². The lowest BCUT2D eigenvalue weighted by Crippen LogP contribution is -2.13. The first-order chi connectivity index (χ1) is 10.8. The summed E-state index contributed by atoms with van der Waals surface area (Å²) in [6.45, 7) is 4.55. The summed E-state index contributed by atoms with van der Waals surface area (Å²) in [6.07, 6.45) is 5.26. The first-order valence-electron chi connectivity index (χ1n) is 6.98. The van der Waals surface area contributed by atoms with Crippen molar-refractivity contribution in [2.75, 3.05) is 20.4 Å². The molecule has 1 atom stereocenters. The van der Waals surface area contributed by atoms with Crippen LogP contribution in [0.25, 0.3) is 10.4 Å². The molecule has 0 aliphatic carbocycles. The molecule has 5 nitrogen and oxygen atoms in total. The van der Waals surface area contributed by atoms with Crippen LogP contribution >= 0.6 is 11.8 Å². The molecule has 0 unspecified atom stereocenters. The van der Waals surface area contributed by atoms with E-state index in [1.54, 1.807) is 18.9 Å². The summed E-state index contributed by atoms with van der Waals surface area (Å²) >= 11 is 1.63. The molecule has 0 radical (unpaired) electrons. The van der Waals surface area contributed by atoms with Gasteiger partial charge in [-0.1, -0.05) is 47.7 Å².